The van der Waals surface area contributed by atoms with E-state index >= 15 is 0 Å². The van der Waals surface area contributed by atoms with Gasteiger partial charge in [0.25, 0.3) is 0 Å². The Labute approximate surface area is 267 Å². The van der Waals surface area contributed by atoms with E-state index in [4.69, 9.17) is 10.5 Å². The third-order valence-electron chi connectivity index (χ3n) is 4.80. The van der Waals surface area contributed by atoms with Gasteiger partial charge in [0.15, 0.2) is 0 Å². The van der Waals surface area contributed by atoms with E-state index in [1.165, 1.54) is 13.3 Å². The summed E-state index contributed by atoms with van der Waals surface area (Å²) in [5.41, 5.74) is 8.28. The van der Waals surface area contributed by atoms with Crippen molar-refractivity contribution in [1.29, 1.82) is 0 Å². The number of fused-ring (bicyclic) bond motifs is 1. The fourth-order valence-electron chi connectivity index (χ4n) is 3.28. The predicted octanol–water partition coefficient (Wildman–Crippen LogP) is 6.34. The van der Waals surface area contributed by atoms with Gasteiger partial charge in [0.2, 0.25) is 11.8 Å². The second kappa shape index (κ2) is 15.2. The number of nitro benzene ring substituents is 1. The minimum absolute atomic E-state index is 0.0743. The maximum absolute atomic E-state index is 13.9. The SMILES string of the molecule is COc1cc(F)c([N+](=O)[O-])cc1Nc1ncc(N)c(-c2cn(C)c3ccccc23)n1.I[I-]I(I)I(I)I. The maximum atomic E-state index is 13.9. The molecule has 202 valence electrons. The van der Waals surface area contributed by atoms with Gasteiger partial charge in [0.1, 0.15) is 11.4 Å². The number of halogens is 8. The molecule has 0 fully saturated rings. The van der Waals surface area contributed by atoms with Gasteiger partial charge in [-0.2, -0.15) is 4.39 Å². The Morgan fingerprint density at radius 3 is 2.57 bits per heavy atom. The number of nitrogens with zero attached hydrogens (tertiary/aromatic N) is 4. The van der Waals surface area contributed by atoms with Crippen LogP contribution in [0.4, 0.5) is 27.4 Å². The van der Waals surface area contributed by atoms with Crippen LogP contribution in [0.3, 0.4) is 0 Å². The second-order valence-electron chi connectivity index (χ2n) is 6.93. The zero-order valence-electron chi connectivity index (χ0n) is 18.7. The van der Waals surface area contributed by atoms with Crippen LogP contribution in [0.5, 0.6) is 5.75 Å². The van der Waals surface area contributed by atoms with Gasteiger partial charge in [-0.05, 0) is 6.07 Å². The van der Waals surface area contributed by atoms with Gasteiger partial charge in [-0.15, -0.1) is 0 Å². The van der Waals surface area contributed by atoms with Crippen molar-refractivity contribution in [3.63, 3.8) is 0 Å². The van der Waals surface area contributed by atoms with Crippen molar-refractivity contribution in [1.82, 2.24) is 14.5 Å². The molecule has 3 N–H and O–H groups in total. The first-order valence-corrected chi connectivity index (χ1v) is 47.4. The zero-order chi connectivity index (χ0) is 27.3. The number of ether oxygens (including phenoxy) is 1. The molecule has 0 saturated heterocycles. The molecule has 0 unspecified atom stereocenters. The number of anilines is 3. The van der Waals surface area contributed by atoms with E-state index in [1.807, 2.05) is 42.1 Å². The van der Waals surface area contributed by atoms with Crippen LogP contribution in [0.1, 0.15) is 0 Å². The molecule has 0 spiro atoms. The van der Waals surface area contributed by atoms with E-state index in [9.17, 15) is 14.5 Å². The van der Waals surface area contributed by atoms with Gasteiger partial charge < -0.3 is 20.4 Å². The normalized spacial score (nSPS) is 11.5. The van der Waals surface area contributed by atoms with Crippen molar-refractivity contribution in [3.8, 4) is 17.0 Å². The van der Waals surface area contributed by atoms with Gasteiger partial charge in [0.05, 0.1) is 29.6 Å². The van der Waals surface area contributed by atoms with Crippen molar-refractivity contribution in [2.75, 3.05) is 18.2 Å². The summed E-state index contributed by atoms with van der Waals surface area (Å²) in [6, 6.07) is 9.78. The molecule has 9 nitrogen and oxygen atoms in total. The summed E-state index contributed by atoms with van der Waals surface area (Å²) in [7, 11) is 2.76. The standard InChI is InChI=1S/C20H17FN6O3.I7/c1-26-10-12(11-5-3-4-6-16(11)26)19-14(22)9-23-20(25-19)24-15-8-17(27(28)29)13(21)7-18(15)30-2;1-5-7(4)6(2)3/h3-10H,22H2,1-2H3,(H,23,24,25);/q;-1. The molecule has 0 aliphatic rings. The summed E-state index contributed by atoms with van der Waals surface area (Å²) >= 11 is 11.4. The molecule has 2 heterocycles. The topological polar surface area (TPSA) is 121 Å². The minimum atomic E-state index is -1.00. The number of nitrogens with one attached hydrogen (secondary N) is 1. The van der Waals surface area contributed by atoms with E-state index in [-0.39, 0.29) is 33.2 Å². The molecule has 0 saturated carbocycles. The van der Waals surface area contributed by atoms with Crippen LogP contribution in [-0.2, 0) is 7.05 Å². The summed E-state index contributed by atoms with van der Waals surface area (Å²) in [6.07, 6.45) is 3.35. The molecule has 2 aromatic carbocycles. The number of nitro groups is 1. The predicted molar refractivity (Wildman–Crippen MR) is 195 cm³/mol. The molecule has 0 atom stereocenters. The van der Waals surface area contributed by atoms with Crippen molar-refractivity contribution in [2.45, 2.75) is 0 Å². The zero-order valence-corrected chi connectivity index (χ0v) is 33.8. The van der Waals surface area contributed by atoms with Crippen molar-refractivity contribution >= 4 is 124 Å². The number of nitrogen functional groups attached to an aromatic ring is 1. The van der Waals surface area contributed by atoms with E-state index < -0.39 is 16.4 Å². The quantitative estimate of drug-likeness (QED) is 0.126. The van der Waals surface area contributed by atoms with Gasteiger partial charge in [-0.1, -0.05) is 18.2 Å². The molecule has 0 radical (unpaired) electrons. The fourth-order valence-corrected chi connectivity index (χ4v) is 213. The van der Waals surface area contributed by atoms with E-state index in [2.05, 4.69) is 89.7 Å². The average Bonchev–Trinajstić information content (AvgIpc) is 3.21. The summed E-state index contributed by atoms with van der Waals surface area (Å²) in [5, 5.41) is 14.9. The van der Waals surface area contributed by atoms with Crippen molar-refractivity contribution in [3.05, 3.63) is 64.7 Å². The van der Waals surface area contributed by atoms with Crippen LogP contribution in [-0.4, -0.2) is 26.6 Å². The number of aromatic nitrogens is 3. The molecule has 17 heteroatoms. The number of benzene rings is 2. The van der Waals surface area contributed by atoms with Crippen molar-refractivity contribution in [2.24, 2.45) is 7.05 Å². The Morgan fingerprint density at radius 1 is 1.27 bits per heavy atom. The van der Waals surface area contributed by atoms with Gasteiger partial charge in [0, 0.05) is 41.8 Å². The summed E-state index contributed by atoms with van der Waals surface area (Å²) < 4.78 is 21.0. The van der Waals surface area contributed by atoms with Crippen LogP contribution in [0.25, 0.3) is 22.2 Å². The van der Waals surface area contributed by atoms with Crippen LogP contribution in [0.2, 0.25) is 0 Å². The Balaban J connectivity index is 0.000000479. The molecular weight excluding hydrogens is 1280 g/mol. The van der Waals surface area contributed by atoms with Crippen LogP contribution >= 0.6 is 90.3 Å². The number of aryl methyl sites for hydroxylation is 1. The van der Waals surface area contributed by atoms with E-state index in [0.29, 0.717) is 24.6 Å². The Morgan fingerprint density at radius 2 is 1.97 bits per heavy atom. The third kappa shape index (κ3) is 8.46. The molecule has 0 amide bonds. The first kappa shape index (κ1) is 32.4. The molecule has 0 bridgehead atoms. The van der Waals surface area contributed by atoms with Gasteiger partial charge in [-0.3, -0.25) is 10.1 Å². The molecule has 4 rings (SSSR count). The van der Waals surface area contributed by atoms with Crippen LogP contribution in [0, 0.1) is 15.9 Å². The molecule has 4 aromatic rings. The number of nitrogens with two attached hydrogens (primary N) is 1. The Hall–Kier alpha value is 0.900. The molecule has 2 aromatic heterocycles. The van der Waals surface area contributed by atoms with Crippen molar-refractivity contribution < 1.29 is 27.3 Å². The van der Waals surface area contributed by atoms with Crippen LogP contribution in [0.15, 0.2) is 48.8 Å². The van der Waals surface area contributed by atoms with Gasteiger partial charge in [-0.25, -0.2) is 9.97 Å². The molecular formula is C20H17FI7N6O3-. The Bertz CT molecular complexity index is 1420. The monoisotopic (exact) mass is 1300 g/mol. The molecule has 0 aliphatic heterocycles. The molecule has 0 aliphatic carbocycles. The second-order valence-corrected chi connectivity index (χ2v) is 121. The van der Waals surface area contributed by atoms with Gasteiger partial charge >= 0.3 is 109 Å². The summed E-state index contributed by atoms with van der Waals surface area (Å²) in [5.74, 6) is -0.798. The summed E-state index contributed by atoms with van der Waals surface area (Å²) in [6.45, 7) is 0. The molecule has 37 heavy (non-hydrogen) atoms. The first-order valence-electron chi connectivity index (χ1n) is 9.70. The number of para-hydroxylation sites is 1. The van der Waals surface area contributed by atoms with Crippen LogP contribution < -0.4 is 29.0 Å². The average molecular weight is 1300 g/mol. The third-order valence-corrected chi connectivity index (χ3v) is 253. The fraction of sp³-hybridized carbons (Fsp3) is 0.100. The van der Waals surface area contributed by atoms with E-state index in [1.54, 1.807) is 0 Å². The number of hydrogen-bond acceptors (Lipinski definition) is 7. The number of hydrogen-bond donors (Lipinski definition) is 2. The number of methoxy groups -OCH3 is 1. The number of rotatable bonds is 7. The first-order chi connectivity index (χ1) is 17.6. The summed E-state index contributed by atoms with van der Waals surface area (Å²) in [4.78, 5) is 18.9. The Kier molecular flexibility index (Phi) is 13.3. The van der Waals surface area contributed by atoms with E-state index in [0.717, 1.165) is 28.6 Å².